The summed E-state index contributed by atoms with van der Waals surface area (Å²) in [6.45, 7) is 4.62. The van der Waals surface area contributed by atoms with Crippen LogP contribution in [0.25, 0.3) is 0 Å². The minimum absolute atomic E-state index is 1.34. The van der Waals surface area contributed by atoms with Gasteiger partial charge in [0.2, 0.25) is 0 Å². The average Bonchev–Trinajstić information content (AvgIpc) is 2.97. The zero-order chi connectivity index (χ0) is 28.9. The van der Waals surface area contributed by atoms with Gasteiger partial charge in [-0.1, -0.05) is 226 Å². The van der Waals surface area contributed by atoms with E-state index in [1.54, 1.807) is 0 Å². The summed E-state index contributed by atoms with van der Waals surface area (Å²) in [7, 11) is 0. The van der Waals surface area contributed by atoms with Crippen LogP contribution in [-0.4, -0.2) is 5.75 Å². The van der Waals surface area contributed by atoms with Gasteiger partial charge in [0.1, 0.15) is 0 Å². The van der Waals surface area contributed by atoms with Crippen LogP contribution >= 0.6 is 11.8 Å². The van der Waals surface area contributed by atoms with Gasteiger partial charge in [0.15, 0.2) is 0 Å². The highest BCUT2D eigenvalue weighted by Crippen LogP contribution is 2.19. The monoisotopic (exact) mass is 580 g/mol. The lowest BCUT2D eigenvalue weighted by molar-refractivity contribution is 0.527. The SMILES string of the molecule is CCCCCCCCCCCCCCCCCCC[CH]SCCCCCCCCCCCCCCCCCCC. The molecule has 0 amide bonds. The second-order valence-electron chi connectivity index (χ2n) is 13.1. The summed E-state index contributed by atoms with van der Waals surface area (Å²) in [6.07, 6.45) is 51.2. The number of unbranched alkanes of at least 4 members (excludes halogenated alkanes) is 33. The molecule has 1 radical (unpaired) electrons. The molecule has 241 valence electrons. The third-order valence-electron chi connectivity index (χ3n) is 8.91. The molecule has 0 saturated carbocycles. The van der Waals surface area contributed by atoms with Crippen molar-refractivity contribution in [3.8, 4) is 0 Å². The van der Waals surface area contributed by atoms with Crippen LogP contribution in [0.5, 0.6) is 0 Å². The molecule has 0 rings (SSSR count). The van der Waals surface area contributed by atoms with Gasteiger partial charge < -0.3 is 0 Å². The molecule has 0 aliphatic carbocycles. The first-order chi connectivity index (χ1) is 19.9. The maximum atomic E-state index is 2.51. The van der Waals surface area contributed by atoms with Crippen molar-refractivity contribution in [3.63, 3.8) is 0 Å². The predicted octanol–water partition coefficient (Wildman–Crippen LogP) is 15.6. The second-order valence-corrected chi connectivity index (χ2v) is 14.2. The maximum Gasteiger partial charge on any atom is 0.0166 e. The normalized spacial score (nSPS) is 11.6. The van der Waals surface area contributed by atoms with Gasteiger partial charge in [0, 0.05) is 5.75 Å². The molecular weight excluding hydrogens is 500 g/mol. The second kappa shape index (κ2) is 39.4. The van der Waals surface area contributed by atoms with Crippen LogP contribution in [0.15, 0.2) is 0 Å². The molecule has 0 aromatic rings. The Morgan fingerprint density at radius 1 is 0.275 bits per heavy atom. The zero-order valence-electron chi connectivity index (χ0n) is 28.4. The van der Waals surface area contributed by atoms with Crippen LogP contribution in [0.4, 0.5) is 0 Å². The number of thioether (sulfide) groups is 1. The summed E-state index contributed by atoms with van der Waals surface area (Å²) in [6, 6.07) is 0. The van der Waals surface area contributed by atoms with Crippen LogP contribution in [0.2, 0.25) is 0 Å². The van der Waals surface area contributed by atoms with Gasteiger partial charge in [0.25, 0.3) is 0 Å². The molecule has 0 atom stereocenters. The third kappa shape index (κ3) is 38.4. The van der Waals surface area contributed by atoms with E-state index in [1.165, 1.54) is 230 Å². The summed E-state index contributed by atoms with van der Waals surface area (Å²) < 4.78 is 0. The molecule has 0 bridgehead atoms. The Hall–Kier alpha value is 0.350. The maximum absolute atomic E-state index is 2.51. The number of hydrogen-bond donors (Lipinski definition) is 0. The Kier molecular flexibility index (Phi) is 39.7. The van der Waals surface area contributed by atoms with Crippen molar-refractivity contribution in [1.82, 2.24) is 0 Å². The standard InChI is InChI=1S/C39H79S/c1-3-5-7-9-11-13-15-17-19-21-23-25-27-29-31-33-35-37-39-40-38-36-34-32-30-28-26-24-22-20-18-16-14-12-10-8-6-4-2/h39H,3-38H2,1-2H3. The molecule has 0 aliphatic heterocycles. The summed E-state index contributed by atoms with van der Waals surface area (Å²) in [5.74, 6) is 3.87. The minimum Gasteiger partial charge on any atom is -0.157 e. The van der Waals surface area contributed by atoms with E-state index in [-0.39, 0.29) is 0 Å². The quantitative estimate of drug-likeness (QED) is 0.0659. The first kappa shape index (κ1) is 40.4. The van der Waals surface area contributed by atoms with E-state index in [0.717, 1.165) is 0 Å². The van der Waals surface area contributed by atoms with E-state index >= 15 is 0 Å². The van der Waals surface area contributed by atoms with E-state index in [9.17, 15) is 0 Å². The number of rotatable bonds is 37. The van der Waals surface area contributed by atoms with Crippen LogP contribution in [0.1, 0.15) is 239 Å². The molecule has 1 heteroatoms. The van der Waals surface area contributed by atoms with E-state index in [2.05, 4.69) is 31.4 Å². The van der Waals surface area contributed by atoms with Gasteiger partial charge in [-0.2, -0.15) is 11.8 Å². The molecule has 0 N–H and O–H groups in total. The van der Waals surface area contributed by atoms with Gasteiger partial charge in [-0.3, -0.25) is 0 Å². The highest BCUT2D eigenvalue weighted by Gasteiger charge is 1.97. The molecule has 40 heavy (non-hydrogen) atoms. The topological polar surface area (TPSA) is 0 Å². The molecule has 0 nitrogen and oxygen atoms in total. The fourth-order valence-corrected chi connectivity index (χ4v) is 6.90. The Labute approximate surface area is 261 Å². The van der Waals surface area contributed by atoms with Gasteiger partial charge in [-0.05, 0) is 18.6 Å². The van der Waals surface area contributed by atoms with Crippen molar-refractivity contribution in [1.29, 1.82) is 0 Å². The minimum atomic E-state index is 1.34. The van der Waals surface area contributed by atoms with Crippen molar-refractivity contribution < 1.29 is 0 Å². The van der Waals surface area contributed by atoms with Crippen molar-refractivity contribution in [3.05, 3.63) is 5.75 Å². The van der Waals surface area contributed by atoms with Crippen LogP contribution in [0.3, 0.4) is 0 Å². The van der Waals surface area contributed by atoms with Gasteiger partial charge >= 0.3 is 0 Å². The van der Waals surface area contributed by atoms with Gasteiger partial charge in [-0.15, -0.1) is 0 Å². The molecule has 0 aliphatic rings. The largest absolute Gasteiger partial charge is 0.157 e. The molecule has 0 saturated heterocycles. The molecule has 0 fully saturated rings. The smallest absolute Gasteiger partial charge is 0.0166 e. The fraction of sp³-hybridized carbons (Fsp3) is 0.974. The molecule has 0 unspecified atom stereocenters. The van der Waals surface area contributed by atoms with E-state index in [4.69, 9.17) is 0 Å². The lowest BCUT2D eigenvalue weighted by Gasteiger charge is -2.05. The Morgan fingerprint density at radius 3 is 0.775 bits per heavy atom. The van der Waals surface area contributed by atoms with Crippen molar-refractivity contribution >= 4 is 11.8 Å². The lowest BCUT2D eigenvalue weighted by atomic mass is 10.0. The van der Waals surface area contributed by atoms with Crippen molar-refractivity contribution in [2.24, 2.45) is 0 Å². The molecule has 0 spiro atoms. The van der Waals surface area contributed by atoms with Gasteiger partial charge in [-0.25, -0.2) is 0 Å². The Bertz CT molecular complexity index is 368. The average molecular weight is 580 g/mol. The van der Waals surface area contributed by atoms with Gasteiger partial charge in [0.05, 0.1) is 0 Å². The van der Waals surface area contributed by atoms with E-state index in [0.29, 0.717) is 0 Å². The van der Waals surface area contributed by atoms with Crippen LogP contribution in [0, 0.1) is 5.75 Å². The van der Waals surface area contributed by atoms with E-state index < -0.39 is 0 Å². The first-order valence-electron chi connectivity index (χ1n) is 19.3. The van der Waals surface area contributed by atoms with Crippen molar-refractivity contribution in [2.75, 3.05) is 5.75 Å². The molecule has 0 aromatic heterocycles. The zero-order valence-corrected chi connectivity index (χ0v) is 29.3. The first-order valence-corrected chi connectivity index (χ1v) is 20.4. The fourth-order valence-electron chi connectivity index (χ4n) is 6.03. The summed E-state index contributed by atoms with van der Waals surface area (Å²) in [4.78, 5) is 0. The molecule has 0 heterocycles. The van der Waals surface area contributed by atoms with E-state index in [1.807, 2.05) is 0 Å². The summed E-state index contributed by atoms with van der Waals surface area (Å²) in [5, 5.41) is 0. The molecular formula is C39H79S. The Morgan fingerprint density at radius 2 is 0.500 bits per heavy atom. The highest BCUT2D eigenvalue weighted by molar-refractivity contribution is 8.01. The Balaban J connectivity index is 3.01. The summed E-state index contributed by atoms with van der Waals surface area (Å²) >= 11 is 2.10. The van der Waals surface area contributed by atoms with Crippen molar-refractivity contribution in [2.45, 2.75) is 239 Å². The third-order valence-corrected chi connectivity index (χ3v) is 9.90. The van der Waals surface area contributed by atoms with Crippen LogP contribution in [-0.2, 0) is 0 Å². The summed E-state index contributed by atoms with van der Waals surface area (Å²) in [5.41, 5.74) is 0. The lowest BCUT2D eigenvalue weighted by Crippen LogP contribution is -1.85. The number of hydrogen-bond acceptors (Lipinski definition) is 1. The molecule has 0 aromatic carbocycles. The predicted molar refractivity (Wildman–Crippen MR) is 190 cm³/mol. The highest BCUT2D eigenvalue weighted by atomic mass is 32.2. The van der Waals surface area contributed by atoms with Crippen LogP contribution < -0.4 is 0 Å².